The molecule has 0 spiro atoms. The second kappa shape index (κ2) is 6.94. The van der Waals surface area contributed by atoms with Gasteiger partial charge < -0.3 is 4.74 Å². The van der Waals surface area contributed by atoms with Crippen LogP contribution in [-0.4, -0.2) is 48.4 Å². The fourth-order valence-corrected chi connectivity index (χ4v) is 1.30. The molecule has 0 aromatic rings. The quantitative estimate of drug-likeness (QED) is 0.312. The highest BCUT2D eigenvalue weighted by Crippen LogP contribution is 2.60. The fourth-order valence-electron chi connectivity index (χ4n) is 1.30. The highest BCUT2D eigenvalue weighted by molar-refractivity contribution is 5.79. The van der Waals surface area contributed by atoms with Gasteiger partial charge in [-0.15, -0.1) is 0 Å². The first-order valence-electron chi connectivity index (χ1n) is 6.36. The standard InChI is InChI=1S/C11H9F13O2/c1-2-3-4-26-5(25)6(12,13)7(14,15)8(16,17)9(18,19)10(20,21)11(22,23)24/h2-4H2,1H3. The van der Waals surface area contributed by atoms with Gasteiger partial charge >= 0.3 is 41.8 Å². The first-order chi connectivity index (χ1) is 11.2. The van der Waals surface area contributed by atoms with Crippen LogP contribution in [0.3, 0.4) is 0 Å². The Morgan fingerprint density at radius 2 is 1.08 bits per heavy atom. The van der Waals surface area contributed by atoms with Crippen LogP contribution < -0.4 is 0 Å². The summed E-state index contributed by atoms with van der Waals surface area (Å²) in [7, 11) is 0. The number of hydrogen-bond donors (Lipinski definition) is 0. The molecule has 0 aromatic heterocycles. The van der Waals surface area contributed by atoms with Crippen LogP contribution in [0.5, 0.6) is 0 Å². The van der Waals surface area contributed by atoms with Crippen LogP contribution in [0.15, 0.2) is 0 Å². The monoisotopic (exact) mass is 420 g/mol. The molecule has 0 saturated heterocycles. The van der Waals surface area contributed by atoms with Crippen molar-refractivity contribution in [1.29, 1.82) is 0 Å². The van der Waals surface area contributed by atoms with Crippen LogP contribution in [0.4, 0.5) is 57.1 Å². The maximum Gasteiger partial charge on any atom is 0.460 e. The molecule has 2 nitrogen and oxygen atoms in total. The lowest BCUT2D eigenvalue weighted by Crippen LogP contribution is -2.71. The van der Waals surface area contributed by atoms with Crippen LogP contribution in [0.2, 0.25) is 0 Å². The van der Waals surface area contributed by atoms with Gasteiger partial charge in [0.1, 0.15) is 0 Å². The summed E-state index contributed by atoms with van der Waals surface area (Å²) in [6.07, 6.45) is -7.64. The molecule has 0 atom stereocenters. The number of halogens is 13. The van der Waals surface area contributed by atoms with E-state index >= 15 is 0 Å². The van der Waals surface area contributed by atoms with Crippen molar-refractivity contribution < 1.29 is 66.6 Å². The van der Waals surface area contributed by atoms with Crippen molar-refractivity contribution in [2.75, 3.05) is 6.61 Å². The van der Waals surface area contributed by atoms with Crippen LogP contribution in [0.25, 0.3) is 0 Å². The molecular weight excluding hydrogens is 411 g/mol. The van der Waals surface area contributed by atoms with Crippen molar-refractivity contribution in [2.24, 2.45) is 0 Å². The topological polar surface area (TPSA) is 26.3 Å². The predicted octanol–water partition coefficient (Wildman–Crippen LogP) is 5.07. The van der Waals surface area contributed by atoms with E-state index in [1.807, 2.05) is 0 Å². The molecule has 0 radical (unpaired) electrons. The molecule has 0 unspecified atom stereocenters. The van der Waals surface area contributed by atoms with Crippen molar-refractivity contribution in [3.05, 3.63) is 0 Å². The maximum absolute atomic E-state index is 13.2. The number of rotatable bonds is 8. The Balaban J connectivity index is 6.04. The number of ether oxygens (including phenoxy) is 1. The van der Waals surface area contributed by atoms with E-state index in [0.717, 1.165) is 0 Å². The largest absolute Gasteiger partial charge is 0.461 e. The van der Waals surface area contributed by atoms with E-state index in [9.17, 15) is 61.9 Å². The third-order valence-corrected chi connectivity index (χ3v) is 2.92. The van der Waals surface area contributed by atoms with E-state index < -0.39 is 48.4 Å². The highest BCUT2D eigenvalue weighted by atomic mass is 19.4. The number of unbranched alkanes of at least 4 members (excludes halogenated alkanes) is 1. The summed E-state index contributed by atoms with van der Waals surface area (Å²) < 4.78 is 169. The molecular formula is C11H9F13O2. The lowest BCUT2D eigenvalue weighted by atomic mass is 9.94. The van der Waals surface area contributed by atoms with Gasteiger partial charge in [0.05, 0.1) is 6.61 Å². The van der Waals surface area contributed by atoms with E-state index in [-0.39, 0.29) is 12.8 Å². The molecule has 15 heteroatoms. The third-order valence-electron chi connectivity index (χ3n) is 2.92. The summed E-state index contributed by atoms with van der Waals surface area (Å²) in [5.74, 6) is -41.8. The third kappa shape index (κ3) is 3.52. The first-order valence-corrected chi connectivity index (χ1v) is 6.36. The number of hydrogen-bond acceptors (Lipinski definition) is 2. The predicted molar refractivity (Wildman–Crippen MR) is 56.7 cm³/mol. The summed E-state index contributed by atoms with van der Waals surface area (Å²) in [5.41, 5.74) is 0. The maximum atomic E-state index is 13.2. The summed E-state index contributed by atoms with van der Waals surface area (Å²) >= 11 is 0. The van der Waals surface area contributed by atoms with Gasteiger partial charge in [0.25, 0.3) is 0 Å². The van der Waals surface area contributed by atoms with Crippen LogP contribution >= 0.6 is 0 Å². The SMILES string of the molecule is CCCCOC(=O)C(F)(F)C(F)(F)C(F)(F)C(F)(F)C(F)(F)C(F)(F)F. The Morgan fingerprint density at radius 1 is 0.692 bits per heavy atom. The van der Waals surface area contributed by atoms with Gasteiger partial charge in [-0.05, 0) is 6.42 Å². The minimum Gasteiger partial charge on any atom is -0.461 e. The smallest absolute Gasteiger partial charge is 0.460 e. The Hall–Kier alpha value is -1.44. The first kappa shape index (κ1) is 24.6. The van der Waals surface area contributed by atoms with Crippen molar-refractivity contribution >= 4 is 5.97 Å². The molecule has 0 saturated carbocycles. The Bertz CT molecular complexity index is 509. The van der Waals surface area contributed by atoms with Crippen LogP contribution in [-0.2, 0) is 9.53 Å². The second-order valence-electron chi connectivity index (χ2n) is 4.86. The van der Waals surface area contributed by atoms with Crippen molar-refractivity contribution in [3.63, 3.8) is 0 Å². The van der Waals surface area contributed by atoms with Crippen molar-refractivity contribution in [1.82, 2.24) is 0 Å². The highest BCUT2D eigenvalue weighted by Gasteiger charge is 2.92. The number of carbonyl (C=O) groups is 1. The normalized spacial score (nSPS) is 15.2. The fraction of sp³-hybridized carbons (Fsp3) is 0.909. The molecule has 0 fully saturated rings. The lowest BCUT2D eigenvalue weighted by Gasteiger charge is -2.38. The Kier molecular flexibility index (Phi) is 6.56. The van der Waals surface area contributed by atoms with Gasteiger partial charge in [-0.3, -0.25) is 0 Å². The molecule has 0 N–H and O–H groups in total. The number of esters is 1. The van der Waals surface area contributed by atoms with Gasteiger partial charge in [0.15, 0.2) is 0 Å². The van der Waals surface area contributed by atoms with Crippen LogP contribution in [0.1, 0.15) is 19.8 Å². The van der Waals surface area contributed by atoms with Gasteiger partial charge in [-0.2, -0.15) is 57.1 Å². The molecule has 0 amide bonds. The van der Waals surface area contributed by atoms with Crippen LogP contribution in [0, 0.1) is 0 Å². The van der Waals surface area contributed by atoms with E-state index in [0.29, 0.717) is 0 Å². The van der Waals surface area contributed by atoms with E-state index in [1.165, 1.54) is 6.92 Å². The Morgan fingerprint density at radius 3 is 1.42 bits per heavy atom. The van der Waals surface area contributed by atoms with Crippen molar-refractivity contribution in [2.45, 2.75) is 55.6 Å². The summed E-state index contributed by atoms with van der Waals surface area (Å²) in [6.45, 7) is 0.316. The summed E-state index contributed by atoms with van der Waals surface area (Å²) in [4.78, 5) is 10.8. The minimum absolute atomic E-state index is 0.112. The lowest BCUT2D eigenvalue weighted by molar-refractivity contribution is -0.437. The molecule has 0 aromatic carbocycles. The van der Waals surface area contributed by atoms with Crippen molar-refractivity contribution in [3.8, 4) is 0 Å². The number of carbonyl (C=O) groups excluding carboxylic acids is 1. The minimum atomic E-state index is -8.03. The molecule has 0 heterocycles. The van der Waals surface area contributed by atoms with Gasteiger partial charge in [0, 0.05) is 0 Å². The van der Waals surface area contributed by atoms with E-state index in [2.05, 4.69) is 4.74 Å². The average molecular weight is 420 g/mol. The van der Waals surface area contributed by atoms with Gasteiger partial charge in [-0.1, -0.05) is 13.3 Å². The summed E-state index contributed by atoms with van der Waals surface area (Å²) in [5, 5.41) is 0. The zero-order valence-electron chi connectivity index (χ0n) is 12.4. The molecule has 0 bridgehead atoms. The molecule has 0 aliphatic heterocycles. The summed E-state index contributed by atoms with van der Waals surface area (Å²) in [6, 6.07) is 0. The molecule has 0 aliphatic carbocycles. The van der Waals surface area contributed by atoms with E-state index in [4.69, 9.17) is 0 Å². The molecule has 26 heavy (non-hydrogen) atoms. The zero-order valence-corrected chi connectivity index (χ0v) is 12.4. The molecule has 0 rings (SSSR count). The molecule has 156 valence electrons. The zero-order chi connectivity index (χ0) is 21.4. The second-order valence-corrected chi connectivity index (χ2v) is 4.86. The van der Waals surface area contributed by atoms with Gasteiger partial charge in [-0.25, -0.2) is 4.79 Å². The molecule has 0 aliphatic rings. The number of alkyl halides is 13. The Labute approximate surface area is 136 Å². The van der Waals surface area contributed by atoms with Gasteiger partial charge in [0.2, 0.25) is 0 Å². The van der Waals surface area contributed by atoms with E-state index in [1.54, 1.807) is 0 Å². The average Bonchev–Trinajstić information content (AvgIpc) is 2.45.